The SMILES string of the molecule is O=C(NN=Cc1cc(-c2ccccc2)n(-c2ccc(Br)cc2)c1-c1ccccc1)c1ccc([N+](=O)[O-])cc1. The number of nitrogens with zero attached hydrogens (tertiary/aromatic N) is 3. The van der Waals surface area contributed by atoms with E-state index in [9.17, 15) is 14.9 Å². The Morgan fingerprint density at radius 2 is 1.45 bits per heavy atom. The van der Waals surface area contributed by atoms with Gasteiger partial charge in [-0.25, -0.2) is 5.43 Å². The molecule has 7 nitrogen and oxygen atoms in total. The Morgan fingerprint density at radius 1 is 0.842 bits per heavy atom. The maximum absolute atomic E-state index is 12.6. The van der Waals surface area contributed by atoms with Gasteiger partial charge in [0.25, 0.3) is 11.6 Å². The first-order valence-corrected chi connectivity index (χ1v) is 12.5. The molecule has 0 fully saturated rings. The lowest BCUT2D eigenvalue weighted by molar-refractivity contribution is -0.384. The highest BCUT2D eigenvalue weighted by atomic mass is 79.9. The number of amides is 1. The van der Waals surface area contributed by atoms with Gasteiger partial charge >= 0.3 is 0 Å². The quantitative estimate of drug-likeness (QED) is 0.128. The number of halogens is 1. The second kappa shape index (κ2) is 11.1. The average Bonchev–Trinajstić information content (AvgIpc) is 3.33. The van der Waals surface area contributed by atoms with Gasteiger partial charge in [0, 0.05) is 33.4 Å². The van der Waals surface area contributed by atoms with Gasteiger partial charge in [0.1, 0.15) is 0 Å². The third-order valence-electron chi connectivity index (χ3n) is 5.94. The molecule has 1 heterocycles. The topological polar surface area (TPSA) is 89.5 Å². The normalized spacial score (nSPS) is 11.0. The van der Waals surface area contributed by atoms with Gasteiger partial charge < -0.3 is 4.57 Å². The Hall–Kier alpha value is -4.82. The molecular formula is C30H21BrN4O3. The first-order chi connectivity index (χ1) is 18.5. The van der Waals surface area contributed by atoms with E-state index in [2.05, 4.69) is 43.2 Å². The van der Waals surface area contributed by atoms with Crippen molar-refractivity contribution in [3.63, 3.8) is 0 Å². The fourth-order valence-corrected chi connectivity index (χ4v) is 4.42. The monoisotopic (exact) mass is 564 g/mol. The van der Waals surface area contributed by atoms with Gasteiger partial charge in [-0.3, -0.25) is 14.9 Å². The first-order valence-electron chi connectivity index (χ1n) is 11.7. The Morgan fingerprint density at radius 3 is 2.05 bits per heavy atom. The van der Waals surface area contributed by atoms with E-state index in [1.54, 1.807) is 6.21 Å². The number of nitrogens with one attached hydrogen (secondary N) is 1. The van der Waals surface area contributed by atoms with E-state index >= 15 is 0 Å². The van der Waals surface area contributed by atoms with Crippen molar-refractivity contribution in [2.24, 2.45) is 5.10 Å². The van der Waals surface area contributed by atoms with E-state index in [0.29, 0.717) is 0 Å². The molecule has 38 heavy (non-hydrogen) atoms. The summed E-state index contributed by atoms with van der Waals surface area (Å²) in [6.07, 6.45) is 1.62. The lowest BCUT2D eigenvalue weighted by atomic mass is 10.1. The molecule has 0 atom stereocenters. The van der Waals surface area contributed by atoms with Crippen molar-refractivity contribution in [2.75, 3.05) is 0 Å². The molecule has 186 valence electrons. The van der Waals surface area contributed by atoms with Crippen LogP contribution in [0.3, 0.4) is 0 Å². The smallest absolute Gasteiger partial charge is 0.271 e. The van der Waals surface area contributed by atoms with Crippen LogP contribution in [-0.4, -0.2) is 21.6 Å². The predicted molar refractivity (Wildman–Crippen MR) is 152 cm³/mol. The summed E-state index contributed by atoms with van der Waals surface area (Å²) in [5, 5.41) is 15.1. The highest BCUT2D eigenvalue weighted by Gasteiger charge is 2.19. The van der Waals surface area contributed by atoms with Crippen LogP contribution in [0.4, 0.5) is 5.69 Å². The van der Waals surface area contributed by atoms with Gasteiger partial charge in [0.15, 0.2) is 0 Å². The van der Waals surface area contributed by atoms with Gasteiger partial charge in [0.2, 0.25) is 0 Å². The number of hydrogen-bond donors (Lipinski definition) is 1. The van der Waals surface area contributed by atoms with Crippen molar-refractivity contribution >= 4 is 33.7 Å². The van der Waals surface area contributed by atoms with Crippen molar-refractivity contribution in [3.05, 3.63) is 141 Å². The zero-order valence-electron chi connectivity index (χ0n) is 20.0. The van der Waals surface area contributed by atoms with Crippen molar-refractivity contribution in [3.8, 4) is 28.2 Å². The van der Waals surface area contributed by atoms with E-state index in [1.807, 2.05) is 78.9 Å². The number of benzene rings is 4. The Balaban J connectivity index is 1.58. The van der Waals surface area contributed by atoms with Crippen molar-refractivity contribution < 1.29 is 9.72 Å². The highest BCUT2D eigenvalue weighted by molar-refractivity contribution is 9.10. The van der Waals surface area contributed by atoms with E-state index in [-0.39, 0.29) is 11.3 Å². The number of rotatable bonds is 7. The second-order valence-corrected chi connectivity index (χ2v) is 9.30. The van der Waals surface area contributed by atoms with Crippen LogP contribution < -0.4 is 5.43 Å². The average molecular weight is 565 g/mol. The van der Waals surface area contributed by atoms with Crippen LogP contribution in [0.25, 0.3) is 28.2 Å². The van der Waals surface area contributed by atoms with E-state index in [4.69, 9.17) is 0 Å². The minimum atomic E-state index is -0.509. The van der Waals surface area contributed by atoms with Crippen LogP contribution in [0.15, 0.2) is 125 Å². The molecule has 4 aromatic carbocycles. The summed E-state index contributed by atoms with van der Waals surface area (Å²) >= 11 is 3.52. The third kappa shape index (κ3) is 5.30. The predicted octanol–water partition coefficient (Wildman–Crippen LogP) is 7.25. The third-order valence-corrected chi connectivity index (χ3v) is 6.47. The molecule has 0 saturated heterocycles. The Bertz CT molecular complexity index is 1610. The zero-order valence-corrected chi connectivity index (χ0v) is 21.6. The Kier molecular flexibility index (Phi) is 7.24. The number of nitro benzene ring substituents is 1. The highest BCUT2D eigenvalue weighted by Crippen LogP contribution is 2.35. The number of carbonyl (C=O) groups excluding carboxylic acids is 1. The molecule has 0 aliphatic heterocycles. The number of hydrogen-bond acceptors (Lipinski definition) is 4. The van der Waals surface area contributed by atoms with Crippen molar-refractivity contribution in [2.45, 2.75) is 0 Å². The van der Waals surface area contributed by atoms with Gasteiger partial charge in [-0.1, -0.05) is 76.6 Å². The molecule has 0 bridgehead atoms. The number of hydrazone groups is 1. The van der Waals surface area contributed by atoms with Crippen molar-refractivity contribution in [1.29, 1.82) is 0 Å². The fourth-order valence-electron chi connectivity index (χ4n) is 4.16. The van der Waals surface area contributed by atoms with Crippen LogP contribution in [0, 0.1) is 10.1 Å². The molecule has 0 unspecified atom stereocenters. The fraction of sp³-hybridized carbons (Fsp3) is 0. The van der Waals surface area contributed by atoms with Crippen LogP contribution in [0.5, 0.6) is 0 Å². The molecule has 0 saturated carbocycles. The first kappa shape index (κ1) is 24.9. The summed E-state index contributed by atoms with van der Waals surface area (Å²) in [5.41, 5.74) is 8.41. The maximum atomic E-state index is 12.6. The van der Waals surface area contributed by atoms with Gasteiger partial charge in [0.05, 0.1) is 22.5 Å². The molecule has 1 aromatic heterocycles. The molecule has 5 rings (SSSR count). The molecule has 0 aliphatic carbocycles. The van der Waals surface area contributed by atoms with Gasteiger partial charge in [-0.05, 0) is 53.6 Å². The van der Waals surface area contributed by atoms with Crippen molar-refractivity contribution in [1.82, 2.24) is 9.99 Å². The molecule has 1 amide bonds. The molecule has 0 radical (unpaired) electrons. The van der Waals surface area contributed by atoms with E-state index < -0.39 is 10.8 Å². The summed E-state index contributed by atoms with van der Waals surface area (Å²) < 4.78 is 3.16. The maximum Gasteiger partial charge on any atom is 0.271 e. The lowest BCUT2D eigenvalue weighted by Crippen LogP contribution is -2.17. The number of aromatic nitrogens is 1. The van der Waals surface area contributed by atoms with Gasteiger partial charge in [-0.2, -0.15) is 5.10 Å². The summed E-state index contributed by atoms with van der Waals surface area (Å²) in [6, 6.07) is 35.6. The molecule has 0 aliphatic rings. The van der Waals surface area contributed by atoms with Gasteiger partial charge in [-0.15, -0.1) is 0 Å². The number of carbonyl (C=O) groups is 1. The van der Waals surface area contributed by atoms with Crippen LogP contribution in [0.2, 0.25) is 0 Å². The molecule has 1 N–H and O–H groups in total. The summed E-state index contributed by atoms with van der Waals surface area (Å²) in [6.45, 7) is 0. The summed E-state index contributed by atoms with van der Waals surface area (Å²) in [4.78, 5) is 23.0. The second-order valence-electron chi connectivity index (χ2n) is 8.38. The largest absolute Gasteiger partial charge is 0.309 e. The number of nitro groups is 1. The minimum Gasteiger partial charge on any atom is -0.309 e. The summed E-state index contributed by atoms with van der Waals surface area (Å²) in [7, 11) is 0. The van der Waals surface area contributed by atoms with E-state index in [0.717, 1.165) is 38.2 Å². The minimum absolute atomic E-state index is 0.0831. The lowest BCUT2D eigenvalue weighted by Gasteiger charge is -2.15. The molecular weight excluding hydrogens is 544 g/mol. The Labute approximate surface area is 227 Å². The molecule has 8 heteroatoms. The molecule has 5 aromatic rings. The zero-order chi connectivity index (χ0) is 26.5. The van der Waals surface area contributed by atoms with Crippen LogP contribution in [0.1, 0.15) is 15.9 Å². The number of non-ortho nitro benzene ring substituents is 1. The van der Waals surface area contributed by atoms with E-state index in [1.165, 1.54) is 24.3 Å². The van der Waals surface area contributed by atoms with Crippen LogP contribution in [-0.2, 0) is 0 Å². The molecule has 0 spiro atoms. The van der Waals surface area contributed by atoms with Crippen LogP contribution >= 0.6 is 15.9 Å². The standard InChI is InChI=1S/C30H21BrN4O3/c31-25-13-17-26(18-14-25)34-28(21-7-3-1-4-8-21)19-24(29(34)22-9-5-2-6-10-22)20-32-33-30(36)23-11-15-27(16-12-23)35(37)38/h1-20H,(H,33,36). The summed E-state index contributed by atoms with van der Waals surface area (Å²) in [5.74, 6) is -0.465.